The highest BCUT2D eigenvalue weighted by Gasteiger charge is 2.24. The number of hydrogen-bond donors (Lipinski definition) is 1. The Labute approximate surface area is 74.1 Å². The van der Waals surface area contributed by atoms with Crippen LogP contribution in [0.25, 0.3) is 0 Å². The smallest absolute Gasteiger partial charge is 0.322 e. The van der Waals surface area contributed by atoms with Gasteiger partial charge in [-0.1, -0.05) is 0 Å². The Morgan fingerprint density at radius 2 is 2.45 bits per heavy atom. The van der Waals surface area contributed by atoms with Crippen molar-refractivity contribution in [1.29, 1.82) is 0 Å². The third-order valence-electron chi connectivity index (χ3n) is 1.01. The zero-order chi connectivity index (χ0) is 14.1. The van der Waals surface area contributed by atoms with Crippen LogP contribution in [0.2, 0.25) is 0 Å². The van der Waals surface area contributed by atoms with E-state index < -0.39 is 37.8 Å². The highest BCUT2D eigenvalue weighted by Crippen LogP contribution is 2.15. The fraction of sp³-hybridized carbons (Fsp3) is 0.857. The molecule has 1 atom stereocenters. The molecule has 0 aromatic rings. The quantitative estimate of drug-likeness (QED) is 0.630. The molecule has 0 saturated carbocycles. The van der Waals surface area contributed by atoms with Crippen molar-refractivity contribution in [2.75, 3.05) is 7.11 Å². The van der Waals surface area contributed by atoms with Gasteiger partial charge < -0.3 is 10.5 Å². The minimum absolute atomic E-state index is 0.979. The number of rotatable bonds is 3. The standard InChI is InChI=1S/C7H14FNO2/c1-7(2,8)4-5(9)6(10)11-3/h5H,4,9H2,1-3H3/t5-/m0/s1/i1D3,2D3. The topological polar surface area (TPSA) is 52.3 Å². The maximum atomic E-state index is 14.1. The molecule has 0 bridgehead atoms. The largest absolute Gasteiger partial charge is 0.468 e. The number of carbonyl (C=O) groups is 1. The van der Waals surface area contributed by atoms with Gasteiger partial charge in [0.15, 0.2) is 0 Å². The van der Waals surface area contributed by atoms with Gasteiger partial charge in [0.2, 0.25) is 0 Å². The van der Waals surface area contributed by atoms with Gasteiger partial charge in [0.1, 0.15) is 11.7 Å². The lowest BCUT2D eigenvalue weighted by Gasteiger charge is -2.17. The molecule has 0 spiro atoms. The number of alkyl halides is 1. The molecule has 0 aliphatic rings. The molecule has 4 heteroatoms. The minimum atomic E-state index is -3.55. The van der Waals surface area contributed by atoms with Gasteiger partial charge in [0.25, 0.3) is 0 Å². The number of nitrogens with two attached hydrogens (primary N) is 1. The molecule has 0 amide bonds. The van der Waals surface area contributed by atoms with Crippen LogP contribution < -0.4 is 5.73 Å². The summed E-state index contributed by atoms with van der Waals surface area (Å²) in [5.74, 6) is -1.07. The van der Waals surface area contributed by atoms with Crippen LogP contribution in [0.15, 0.2) is 0 Å². The zero-order valence-corrected chi connectivity index (χ0v) is 6.06. The van der Waals surface area contributed by atoms with Crippen molar-refractivity contribution < 1.29 is 22.1 Å². The number of methoxy groups -OCH3 is 1. The number of ether oxygens (including phenoxy) is 1. The molecular formula is C7H14FNO2. The molecule has 0 aromatic carbocycles. The third kappa shape index (κ3) is 4.72. The van der Waals surface area contributed by atoms with Crippen molar-refractivity contribution in [1.82, 2.24) is 0 Å². The molecule has 0 aromatic heterocycles. The Morgan fingerprint density at radius 1 is 1.91 bits per heavy atom. The van der Waals surface area contributed by atoms with Crippen LogP contribution in [0.5, 0.6) is 0 Å². The van der Waals surface area contributed by atoms with Crippen molar-refractivity contribution in [2.24, 2.45) is 5.73 Å². The molecule has 3 nitrogen and oxygen atoms in total. The van der Waals surface area contributed by atoms with Crippen molar-refractivity contribution >= 4 is 5.97 Å². The molecule has 66 valence electrons. The first-order valence-electron chi connectivity index (χ1n) is 5.89. The van der Waals surface area contributed by atoms with Crippen LogP contribution in [0.3, 0.4) is 0 Å². The van der Waals surface area contributed by atoms with Gasteiger partial charge in [-0.15, -0.1) is 0 Å². The van der Waals surface area contributed by atoms with E-state index in [1.54, 1.807) is 0 Å². The Balaban J connectivity index is 5.19. The fourth-order valence-electron chi connectivity index (χ4n) is 0.538. The van der Waals surface area contributed by atoms with E-state index in [4.69, 9.17) is 14.0 Å². The molecule has 0 aliphatic heterocycles. The van der Waals surface area contributed by atoms with E-state index in [-0.39, 0.29) is 0 Å². The molecule has 0 fully saturated rings. The second-order valence-corrected chi connectivity index (χ2v) is 2.13. The Morgan fingerprint density at radius 3 is 2.82 bits per heavy atom. The molecule has 0 radical (unpaired) electrons. The van der Waals surface area contributed by atoms with Gasteiger partial charge in [-0.3, -0.25) is 4.79 Å². The van der Waals surface area contributed by atoms with Crippen molar-refractivity contribution in [2.45, 2.75) is 31.8 Å². The molecular weight excluding hydrogens is 149 g/mol. The Kier molecular flexibility index (Phi) is 1.28. The van der Waals surface area contributed by atoms with Gasteiger partial charge in [-0.25, -0.2) is 4.39 Å². The molecule has 0 unspecified atom stereocenters. The average molecular weight is 169 g/mol. The van der Waals surface area contributed by atoms with E-state index in [0.29, 0.717) is 0 Å². The fourth-order valence-corrected chi connectivity index (χ4v) is 0.538. The predicted octanol–water partition coefficient (Wildman–Crippen LogP) is 0.625. The van der Waals surface area contributed by atoms with E-state index in [0.717, 1.165) is 7.11 Å². The molecule has 0 aliphatic carbocycles. The van der Waals surface area contributed by atoms with E-state index >= 15 is 0 Å². The number of hydrogen-bond acceptors (Lipinski definition) is 3. The summed E-state index contributed by atoms with van der Waals surface area (Å²) in [6.45, 7) is -6.83. The Bertz CT molecular complexity index is 275. The maximum absolute atomic E-state index is 14.1. The van der Waals surface area contributed by atoms with E-state index in [9.17, 15) is 9.18 Å². The summed E-state index contributed by atoms with van der Waals surface area (Å²) in [6, 6.07) is -1.65. The molecule has 2 N–H and O–H groups in total. The first-order chi connectivity index (χ1) is 7.37. The molecule has 0 rings (SSSR count). The van der Waals surface area contributed by atoms with Crippen LogP contribution in [0.4, 0.5) is 4.39 Å². The average Bonchev–Trinajstić information content (AvgIpc) is 2.12. The van der Waals surface area contributed by atoms with E-state index in [1.807, 2.05) is 0 Å². The van der Waals surface area contributed by atoms with Crippen LogP contribution in [-0.2, 0) is 9.53 Å². The van der Waals surface area contributed by atoms with E-state index in [2.05, 4.69) is 4.74 Å². The van der Waals surface area contributed by atoms with Gasteiger partial charge in [0, 0.05) is 14.6 Å². The second-order valence-electron chi connectivity index (χ2n) is 2.13. The van der Waals surface area contributed by atoms with Crippen LogP contribution in [0.1, 0.15) is 28.3 Å². The SMILES string of the molecule is [2H]C([2H])([2H])C(F)(C[C@H](N)C(=O)OC)C([2H])([2H])[2H]. The lowest BCUT2D eigenvalue weighted by atomic mass is 10.0. The van der Waals surface area contributed by atoms with Crippen molar-refractivity contribution in [3.63, 3.8) is 0 Å². The summed E-state index contributed by atoms with van der Waals surface area (Å²) >= 11 is 0. The number of carbonyl (C=O) groups excluding carboxylic acids is 1. The first-order valence-corrected chi connectivity index (χ1v) is 2.89. The molecule has 0 saturated heterocycles. The van der Waals surface area contributed by atoms with Crippen LogP contribution in [-0.4, -0.2) is 24.8 Å². The Hall–Kier alpha value is -0.640. The van der Waals surface area contributed by atoms with E-state index in [1.165, 1.54) is 0 Å². The normalized spacial score (nSPS) is 24.6. The van der Waals surface area contributed by atoms with Crippen molar-refractivity contribution in [3.05, 3.63) is 0 Å². The van der Waals surface area contributed by atoms with Gasteiger partial charge in [-0.05, 0) is 13.7 Å². The first kappa shape index (κ1) is 3.85. The highest BCUT2D eigenvalue weighted by molar-refractivity contribution is 5.75. The van der Waals surface area contributed by atoms with Crippen LogP contribution >= 0.6 is 0 Å². The lowest BCUT2D eigenvalue weighted by Crippen LogP contribution is -2.36. The number of halogens is 1. The molecule has 11 heavy (non-hydrogen) atoms. The van der Waals surface area contributed by atoms with Gasteiger partial charge in [-0.2, -0.15) is 0 Å². The summed E-state index contributed by atoms with van der Waals surface area (Å²) in [4.78, 5) is 11.0. The maximum Gasteiger partial charge on any atom is 0.322 e. The second kappa shape index (κ2) is 3.67. The monoisotopic (exact) mass is 169 g/mol. The summed E-state index contributed by atoms with van der Waals surface area (Å²) in [5.41, 5.74) is 1.64. The summed E-state index contributed by atoms with van der Waals surface area (Å²) in [6.07, 6.45) is -1.16. The van der Waals surface area contributed by atoms with Crippen molar-refractivity contribution in [3.8, 4) is 0 Å². The predicted molar refractivity (Wildman–Crippen MR) is 39.8 cm³/mol. The third-order valence-corrected chi connectivity index (χ3v) is 1.01. The number of esters is 1. The molecule has 0 heterocycles. The lowest BCUT2D eigenvalue weighted by molar-refractivity contribution is -0.143. The summed E-state index contributed by atoms with van der Waals surface area (Å²) in [7, 11) is 0.979. The van der Waals surface area contributed by atoms with Crippen LogP contribution in [0, 0.1) is 0 Å². The zero-order valence-electron chi connectivity index (χ0n) is 12.1. The van der Waals surface area contributed by atoms with Gasteiger partial charge in [0.05, 0.1) is 7.11 Å². The summed E-state index contributed by atoms with van der Waals surface area (Å²) in [5, 5.41) is 0. The van der Waals surface area contributed by atoms with Gasteiger partial charge >= 0.3 is 5.97 Å². The minimum Gasteiger partial charge on any atom is -0.468 e. The highest BCUT2D eigenvalue weighted by atomic mass is 19.1. The summed E-state index contributed by atoms with van der Waals surface area (Å²) < 4.78 is 59.9.